The molecule has 1 unspecified atom stereocenters. The summed E-state index contributed by atoms with van der Waals surface area (Å²) in [7, 11) is 0. The van der Waals surface area contributed by atoms with E-state index in [0.29, 0.717) is 5.69 Å². The van der Waals surface area contributed by atoms with Crippen LogP contribution in [0.3, 0.4) is 0 Å². The number of benzene rings is 1. The fourth-order valence-corrected chi connectivity index (χ4v) is 1.65. The maximum Gasteiger partial charge on any atom is 0.292 e. The van der Waals surface area contributed by atoms with E-state index in [1.807, 2.05) is 13.8 Å². The van der Waals surface area contributed by atoms with Gasteiger partial charge in [0.15, 0.2) is 0 Å². The standard InChI is InChI=1S/C12H17BrN2O3/c1-8(2)12(3,16)7-14-10-6-9(13)4-5-11(10)15(17)18/h4-6,8,14,16H,7H2,1-3H3. The highest BCUT2D eigenvalue weighted by Crippen LogP contribution is 2.28. The zero-order chi connectivity index (χ0) is 13.9. The lowest BCUT2D eigenvalue weighted by atomic mass is 9.92. The molecule has 0 heterocycles. The van der Waals surface area contributed by atoms with Crippen LogP contribution in [0.15, 0.2) is 22.7 Å². The highest BCUT2D eigenvalue weighted by Gasteiger charge is 2.25. The van der Waals surface area contributed by atoms with E-state index in [9.17, 15) is 15.2 Å². The molecular formula is C12H17BrN2O3. The molecule has 0 amide bonds. The fourth-order valence-electron chi connectivity index (χ4n) is 1.29. The number of nitro benzene ring substituents is 1. The summed E-state index contributed by atoms with van der Waals surface area (Å²) in [6.07, 6.45) is 0. The maximum atomic E-state index is 10.9. The van der Waals surface area contributed by atoms with Crippen LogP contribution in [0.25, 0.3) is 0 Å². The predicted molar refractivity (Wildman–Crippen MR) is 74.7 cm³/mol. The highest BCUT2D eigenvalue weighted by atomic mass is 79.9. The average Bonchev–Trinajstić information content (AvgIpc) is 2.26. The van der Waals surface area contributed by atoms with Gasteiger partial charge in [0.25, 0.3) is 5.69 Å². The summed E-state index contributed by atoms with van der Waals surface area (Å²) >= 11 is 3.27. The van der Waals surface area contributed by atoms with E-state index in [0.717, 1.165) is 4.47 Å². The van der Waals surface area contributed by atoms with Crippen LogP contribution in [-0.4, -0.2) is 22.2 Å². The van der Waals surface area contributed by atoms with Gasteiger partial charge in [-0.05, 0) is 25.0 Å². The molecule has 0 spiro atoms. The molecule has 0 aliphatic carbocycles. The largest absolute Gasteiger partial charge is 0.388 e. The third-order valence-corrected chi connectivity index (χ3v) is 3.53. The van der Waals surface area contributed by atoms with Gasteiger partial charge in [-0.2, -0.15) is 0 Å². The minimum Gasteiger partial charge on any atom is -0.388 e. The molecule has 0 aliphatic heterocycles. The van der Waals surface area contributed by atoms with Crippen LogP contribution in [0.4, 0.5) is 11.4 Å². The Hall–Kier alpha value is -1.14. The Balaban J connectivity index is 2.90. The molecule has 0 saturated carbocycles. The van der Waals surface area contributed by atoms with Crippen molar-refractivity contribution in [2.75, 3.05) is 11.9 Å². The minimum atomic E-state index is -0.920. The molecule has 5 nitrogen and oxygen atoms in total. The minimum absolute atomic E-state index is 0.00208. The Labute approximate surface area is 114 Å². The van der Waals surface area contributed by atoms with Crippen molar-refractivity contribution < 1.29 is 10.0 Å². The normalized spacial score (nSPS) is 14.3. The van der Waals surface area contributed by atoms with Crippen molar-refractivity contribution >= 4 is 27.3 Å². The number of rotatable bonds is 5. The number of halogens is 1. The van der Waals surface area contributed by atoms with Crippen molar-refractivity contribution in [2.24, 2.45) is 5.92 Å². The van der Waals surface area contributed by atoms with Gasteiger partial charge < -0.3 is 10.4 Å². The number of hydrogen-bond donors (Lipinski definition) is 2. The molecule has 18 heavy (non-hydrogen) atoms. The Morgan fingerprint density at radius 3 is 2.67 bits per heavy atom. The molecule has 0 saturated heterocycles. The number of nitro groups is 1. The van der Waals surface area contributed by atoms with Crippen molar-refractivity contribution in [2.45, 2.75) is 26.4 Å². The monoisotopic (exact) mass is 316 g/mol. The zero-order valence-corrected chi connectivity index (χ0v) is 12.2. The number of aliphatic hydroxyl groups is 1. The molecular weight excluding hydrogens is 300 g/mol. The lowest BCUT2D eigenvalue weighted by molar-refractivity contribution is -0.384. The fraction of sp³-hybridized carbons (Fsp3) is 0.500. The quantitative estimate of drug-likeness (QED) is 0.646. The number of hydrogen-bond acceptors (Lipinski definition) is 4. The molecule has 0 aromatic heterocycles. The molecule has 6 heteroatoms. The molecule has 100 valence electrons. The van der Waals surface area contributed by atoms with Crippen LogP contribution in [-0.2, 0) is 0 Å². The maximum absolute atomic E-state index is 10.9. The van der Waals surface area contributed by atoms with Crippen molar-refractivity contribution in [3.05, 3.63) is 32.8 Å². The first-order chi connectivity index (χ1) is 8.24. The Morgan fingerprint density at radius 2 is 2.17 bits per heavy atom. The molecule has 1 rings (SSSR count). The topological polar surface area (TPSA) is 75.4 Å². The molecule has 0 bridgehead atoms. The first-order valence-corrected chi connectivity index (χ1v) is 6.43. The van der Waals surface area contributed by atoms with Gasteiger partial charge in [0, 0.05) is 17.1 Å². The summed E-state index contributed by atoms with van der Waals surface area (Å²) < 4.78 is 0.750. The van der Waals surface area contributed by atoms with Gasteiger partial charge >= 0.3 is 0 Å². The molecule has 1 atom stereocenters. The van der Waals surface area contributed by atoms with Gasteiger partial charge in [0.2, 0.25) is 0 Å². The first kappa shape index (κ1) is 14.9. The van der Waals surface area contributed by atoms with Gasteiger partial charge in [-0.3, -0.25) is 10.1 Å². The highest BCUT2D eigenvalue weighted by molar-refractivity contribution is 9.10. The number of nitrogens with one attached hydrogen (secondary N) is 1. The zero-order valence-electron chi connectivity index (χ0n) is 10.6. The van der Waals surface area contributed by atoms with Crippen molar-refractivity contribution in [3.63, 3.8) is 0 Å². The van der Waals surface area contributed by atoms with E-state index in [1.54, 1.807) is 19.1 Å². The van der Waals surface area contributed by atoms with Crippen LogP contribution in [0.1, 0.15) is 20.8 Å². The van der Waals surface area contributed by atoms with Crippen molar-refractivity contribution in [1.29, 1.82) is 0 Å². The molecule has 0 radical (unpaired) electrons. The van der Waals surface area contributed by atoms with Gasteiger partial charge in [0.05, 0.1) is 10.5 Å². The van der Waals surface area contributed by atoms with Crippen molar-refractivity contribution in [3.8, 4) is 0 Å². The van der Waals surface area contributed by atoms with Crippen LogP contribution < -0.4 is 5.32 Å². The number of anilines is 1. The summed E-state index contributed by atoms with van der Waals surface area (Å²) in [4.78, 5) is 10.4. The summed E-state index contributed by atoms with van der Waals surface area (Å²) in [5, 5.41) is 23.9. The lowest BCUT2D eigenvalue weighted by Gasteiger charge is -2.28. The summed E-state index contributed by atoms with van der Waals surface area (Å²) in [6, 6.07) is 4.68. The SMILES string of the molecule is CC(C)C(C)(O)CNc1cc(Br)ccc1[N+](=O)[O-]. The van der Waals surface area contributed by atoms with E-state index >= 15 is 0 Å². The van der Waals surface area contributed by atoms with E-state index in [4.69, 9.17) is 0 Å². The smallest absolute Gasteiger partial charge is 0.292 e. The molecule has 0 aliphatic rings. The van der Waals surface area contributed by atoms with Crippen LogP contribution >= 0.6 is 15.9 Å². The van der Waals surface area contributed by atoms with Gasteiger partial charge in [0.1, 0.15) is 5.69 Å². The number of nitrogens with zero attached hydrogens (tertiary/aromatic N) is 1. The van der Waals surface area contributed by atoms with Gasteiger partial charge in [-0.1, -0.05) is 29.8 Å². The molecule has 1 aromatic carbocycles. The average molecular weight is 317 g/mol. The van der Waals surface area contributed by atoms with Crippen LogP contribution in [0, 0.1) is 16.0 Å². The lowest BCUT2D eigenvalue weighted by Crippen LogP contribution is -2.38. The molecule has 0 fully saturated rings. The van der Waals surface area contributed by atoms with Crippen LogP contribution in [0.5, 0.6) is 0 Å². The van der Waals surface area contributed by atoms with Crippen LogP contribution in [0.2, 0.25) is 0 Å². The molecule has 1 aromatic rings. The Kier molecular flexibility index (Phi) is 4.70. The second kappa shape index (κ2) is 5.67. The van der Waals surface area contributed by atoms with E-state index < -0.39 is 10.5 Å². The Bertz CT molecular complexity index is 447. The third kappa shape index (κ3) is 3.68. The third-order valence-electron chi connectivity index (χ3n) is 3.04. The summed E-state index contributed by atoms with van der Waals surface area (Å²) in [5.74, 6) is 0.0520. The van der Waals surface area contributed by atoms with E-state index in [-0.39, 0.29) is 18.2 Å². The van der Waals surface area contributed by atoms with E-state index in [2.05, 4.69) is 21.2 Å². The first-order valence-electron chi connectivity index (χ1n) is 5.64. The Morgan fingerprint density at radius 1 is 1.56 bits per heavy atom. The predicted octanol–water partition coefficient (Wildman–Crippen LogP) is 3.18. The van der Waals surface area contributed by atoms with Gasteiger partial charge in [-0.15, -0.1) is 0 Å². The second-order valence-corrected chi connectivity index (χ2v) is 5.70. The van der Waals surface area contributed by atoms with Crippen molar-refractivity contribution in [1.82, 2.24) is 0 Å². The second-order valence-electron chi connectivity index (χ2n) is 4.78. The molecule has 2 N–H and O–H groups in total. The summed E-state index contributed by atoms with van der Waals surface area (Å²) in [6.45, 7) is 5.75. The van der Waals surface area contributed by atoms with E-state index in [1.165, 1.54) is 6.07 Å². The van der Waals surface area contributed by atoms with Gasteiger partial charge in [-0.25, -0.2) is 0 Å². The summed E-state index contributed by atoms with van der Waals surface area (Å²) in [5.41, 5.74) is -0.524.